The highest BCUT2D eigenvalue weighted by molar-refractivity contribution is 7.13. The van der Waals surface area contributed by atoms with Crippen LogP contribution in [0.3, 0.4) is 0 Å². The number of rotatable bonds is 8. The largest absolute Gasteiger partial charge is 0.481 e. The second-order valence-corrected chi connectivity index (χ2v) is 10.7. The summed E-state index contributed by atoms with van der Waals surface area (Å²) in [4.78, 5) is 14.6. The SMILES string of the molecule is CC#CC(CC(=O)O)c1ccc(OCc2ccc(CN3CCC4(C=Cc5ccccc54)CC3)cc2)s1. The summed E-state index contributed by atoms with van der Waals surface area (Å²) in [5, 5.41) is 9.92. The average molecular weight is 498 g/mol. The second kappa shape index (κ2) is 10.7. The molecule has 5 rings (SSSR count). The van der Waals surface area contributed by atoms with Crippen molar-refractivity contribution in [1.82, 2.24) is 4.90 Å². The Kier molecular flexibility index (Phi) is 7.27. The molecular formula is C31H31NO3S. The van der Waals surface area contributed by atoms with E-state index in [0.717, 1.165) is 35.1 Å². The fourth-order valence-corrected chi connectivity index (χ4v) is 6.21. The molecule has 4 nitrogen and oxygen atoms in total. The maximum absolute atomic E-state index is 11.1. The number of carbonyl (C=O) groups is 1. The van der Waals surface area contributed by atoms with E-state index >= 15 is 0 Å². The van der Waals surface area contributed by atoms with Crippen LogP contribution in [0, 0.1) is 11.8 Å². The van der Waals surface area contributed by atoms with Crippen molar-refractivity contribution in [2.45, 2.75) is 50.7 Å². The van der Waals surface area contributed by atoms with Gasteiger partial charge >= 0.3 is 5.97 Å². The molecule has 1 saturated heterocycles. The van der Waals surface area contributed by atoms with Crippen molar-refractivity contribution < 1.29 is 14.6 Å². The van der Waals surface area contributed by atoms with Crippen LogP contribution in [0.4, 0.5) is 0 Å². The number of hydrogen-bond donors (Lipinski definition) is 1. The Balaban J connectivity index is 1.12. The Labute approximate surface area is 217 Å². The summed E-state index contributed by atoms with van der Waals surface area (Å²) >= 11 is 1.47. The summed E-state index contributed by atoms with van der Waals surface area (Å²) in [6, 6.07) is 21.3. The van der Waals surface area contributed by atoms with Crippen molar-refractivity contribution >= 4 is 23.4 Å². The van der Waals surface area contributed by atoms with E-state index in [1.165, 1.54) is 40.9 Å². The Bertz CT molecular complexity index is 1300. The van der Waals surface area contributed by atoms with E-state index < -0.39 is 5.97 Å². The molecule has 1 aromatic heterocycles. The van der Waals surface area contributed by atoms with Crippen molar-refractivity contribution in [1.29, 1.82) is 0 Å². The number of carboxylic acids is 1. The van der Waals surface area contributed by atoms with Crippen LogP contribution in [-0.4, -0.2) is 29.1 Å². The fraction of sp³-hybridized carbons (Fsp3) is 0.323. The molecular weight excluding hydrogens is 466 g/mol. The van der Waals surface area contributed by atoms with E-state index in [1.807, 2.05) is 12.1 Å². The molecule has 1 aliphatic heterocycles. The minimum absolute atomic E-state index is 0.00422. The van der Waals surface area contributed by atoms with Gasteiger partial charge < -0.3 is 9.84 Å². The molecule has 2 aliphatic rings. The molecule has 36 heavy (non-hydrogen) atoms. The smallest absolute Gasteiger partial charge is 0.304 e. The Hall–Kier alpha value is -3.33. The summed E-state index contributed by atoms with van der Waals surface area (Å²) in [5.74, 6) is 4.69. The van der Waals surface area contributed by atoms with Crippen LogP contribution in [0.1, 0.15) is 59.2 Å². The predicted octanol–water partition coefficient (Wildman–Crippen LogP) is 6.47. The topological polar surface area (TPSA) is 49.8 Å². The van der Waals surface area contributed by atoms with Gasteiger partial charge in [0.25, 0.3) is 0 Å². The first kappa shape index (κ1) is 24.4. The van der Waals surface area contributed by atoms with Gasteiger partial charge in [-0.1, -0.05) is 66.6 Å². The molecule has 1 atom stereocenters. The number of likely N-dealkylation sites (tertiary alicyclic amines) is 1. The lowest BCUT2D eigenvalue weighted by Crippen LogP contribution is -2.40. The van der Waals surface area contributed by atoms with Crippen molar-refractivity contribution in [3.63, 3.8) is 0 Å². The lowest BCUT2D eigenvalue weighted by molar-refractivity contribution is -0.137. The average Bonchev–Trinajstić information content (AvgIpc) is 3.50. The van der Waals surface area contributed by atoms with Crippen molar-refractivity contribution in [2.75, 3.05) is 13.1 Å². The van der Waals surface area contributed by atoms with E-state index in [9.17, 15) is 4.79 Å². The number of aliphatic carboxylic acids is 1. The molecule has 0 radical (unpaired) electrons. The molecule has 0 saturated carbocycles. The lowest BCUT2D eigenvalue weighted by Gasteiger charge is -2.39. The minimum atomic E-state index is -0.844. The minimum Gasteiger partial charge on any atom is -0.481 e. The van der Waals surface area contributed by atoms with Crippen LogP contribution in [0.2, 0.25) is 0 Å². The third kappa shape index (κ3) is 5.41. The van der Waals surface area contributed by atoms with E-state index in [1.54, 1.807) is 6.92 Å². The number of piperidine rings is 1. The number of fused-ring (bicyclic) bond motifs is 2. The van der Waals surface area contributed by atoms with Gasteiger partial charge in [-0.05, 0) is 67.2 Å². The Morgan fingerprint density at radius 2 is 1.83 bits per heavy atom. The van der Waals surface area contributed by atoms with Gasteiger partial charge in [0.15, 0.2) is 5.06 Å². The van der Waals surface area contributed by atoms with E-state index in [4.69, 9.17) is 9.84 Å². The number of nitrogens with zero attached hydrogens (tertiary/aromatic N) is 1. The molecule has 1 aliphatic carbocycles. The highest BCUT2D eigenvalue weighted by atomic mass is 32.1. The number of allylic oxidation sites excluding steroid dienone is 1. The van der Waals surface area contributed by atoms with Crippen LogP contribution in [-0.2, 0) is 23.4 Å². The summed E-state index contributed by atoms with van der Waals surface area (Å²) in [5.41, 5.74) is 5.56. The highest BCUT2D eigenvalue weighted by Crippen LogP contribution is 2.43. The molecule has 2 aromatic carbocycles. The van der Waals surface area contributed by atoms with Gasteiger partial charge in [-0.25, -0.2) is 0 Å². The molecule has 1 N–H and O–H groups in total. The number of thiophene rings is 1. The normalized spacial score (nSPS) is 16.8. The zero-order chi connectivity index (χ0) is 25.0. The molecule has 5 heteroatoms. The maximum atomic E-state index is 11.1. The second-order valence-electron chi connectivity index (χ2n) is 9.66. The maximum Gasteiger partial charge on any atom is 0.304 e. The fourth-order valence-electron chi connectivity index (χ4n) is 5.31. The van der Waals surface area contributed by atoms with Crippen molar-refractivity contribution in [2.24, 2.45) is 0 Å². The molecule has 3 aromatic rings. The summed E-state index contributed by atoms with van der Waals surface area (Å²) in [6.45, 7) is 5.41. The summed E-state index contributed by atoms with van der Waals surface area (Å²) < 4.78 is 5.98. The highest BCUT2D eigenvalue weighted by Gasteiger charge is 2.37. The summed E-state index contributed by atoms with van der Waals surface area (Å²) in [7, 11) is 0. The van der Waals surface area contributed by atoms with Gasteiger partial charge in [0.05, 0.1) is 12.3 Å². The number of hydrogen-bond acceptors (Lipinski definition) is 4. The van der Waals surface area contributed by atoms with Crippen LogP contribution >= 0.6 is 11.3 Å². The van der Waals surface area contributed by atoms with Gasteiger partial charge in [-0.15, -0.1) is 17.3 Å². The van der Waals surface area contributed by atoms with Gasteiger partial charge in [0.2, 0.25) is 0 Å². The molecule has 2 heterocycles. The van der Waals surface area contributed by atoms with Crippen LogP contribution in [0.15, 0.2) is 66.7 Å². The predicted molar refractivity (Wildman–Crippen MR) is 145 cm³/mol. The van der Waals surface area contributed by atoms with Gasteiger partial charge in [-0.2, -0.15) is 0 Å². The van der Waals surface area contributed by atoms with Gasteiger partial charge in [-0.3, -0.25) is 9.69 Å². The van der Waals surface area contributed by atoms with Crippen LogP contribution < -0.4 is 4.74 Å². The first-order valence-electron chi connectivity index (χ1n) is 12.5. The third-order valence-corrected chi connectivity index (χ3v) is 8.39. The molecule has 1 spiro atoms. The van der Waals surface area contributed by atoms with E-state index in [0.29, 0.717) is 6.61 Å². The van der Waals surface area contributed by atoms with Gasteiger partial charge in [0, 0.05) is 16.8 Å². The standard InChI is InChI=1S/C31H31NO3S/c1-2-5-26(20-29(33)34)28-12-13-30(36-28)35-22-24-10-8-23(9-11-24)21-32-18-16-31(17-19-32)15-14-25-6-3-4-7-27(25)31/h3-4,6-15,26H,16-22H2,1H3,(H,33,34). The molecule has 0 bridgehead atoms. The van der Waals surface area contributed by atoms with Crippen LogP contribution in [0.5, 0.6) is 5.06 Å². The first-order chi connectivity index (χ1) is 17.5. The quantitative estimate of drug-likeness (QED) is 0.363. The van der Waals surface area contributed by atoms with E-state index in [-0.39, 0.29) is 17.8 Å². The molecule has 1 unspecified atom stereocenters. The Morgan fingerprint density at radius 3 is 2.58 bits per heavy atom. The number of benzene rings is 2. The molecule has 0 amide bonds. The molecule has 1 fully saturated rings. The van der Waals surface area contributed by atoms with Crippen molar-refractivity contribution in [3.05, 3.63) is 93.9 Å². The van der Waals surface area contributed by atoms with Crippen LogP contribution in [0.25, 0.3) is 6.08 Å². The first-order valence-corrected chi connectivity index (χ1v) is 13.3. The van der Waals surface area contributed by atoms with Crippen molar-refractivity contribution in [3.8, 4) is 16.9 Å². The lowest BCUT2D eigenvalue weighted by atomic mass is 9.74. The third-order valence-electron chi connectivity index (χ3n) is 7.28. The summed E-state index contributed by atoms with van der Waals surface area (Å²) in [6.07, 6.45) is 7.09. The number of ether oxygens (including phenoxy) is 1. The number of carboxylic acid groups (broad SMARTS) is 1. The Morgan fingerprint density at radius 1 is 1.08 bits per heavy atom. The van der Waals surface area contributed by atoms with Gasteiger partial charge in [0.1, 0.15) is 6.61 Å². The zero-order valence-electron chi connectivity index (χ0n) is 20.6. The molecule has 184 valence electrons. The zero-order valence-corrected chi connectivity index (χ0v) is 21.4. The van der Waals surface area contributed by atoms with E-state index in [2.05, 4.69) is 77.4 Å². The monoisotopic (exact) mass is 497 g/mol.